The number of carbonyl (C=O) groups is 3. The van der Waals surface area contributed by atoms with Crippen LogP contribution in [0.3, 0.4) is 0 Å². The summed E-state index contributed by atoms with van der Waals surface area (Å²) >= 11 is 0. The second kappa shape index (κ2) is 9.87. The highest BCUT2D eigenvalue weighted by atomic mass is 16.5. The summed E-state index contributed by atoms with van der Waals surface area (Å²) < 4.78 is 5.20. The summed E-state index contributed by atoms with van der Waals surface area (Å²) in [5, 5.41) is 2.85. The van der Waals surface area contributed by atoms with E-state index >= 15 is 0 Å². The van der Waals surface area contributed by atoms with Gasteiger partial charge in [-0.3, -0.25) is 9.59 Å². The third-order valence-electron chi connectivity index (χ3n) is 4.94. The Hall–Kier alpha value is -3.15. The Morgan fingerprint density at radius 3 is 2.55 bits per heavy atom. The smallest absolute Gasteiger partial charge is 0.340 e. The van der Waals surface area contributed by atoms with Gasteiger partial charge in [0.1, 0.15) is 0 Å². The minimum atomic E-state index is -0.604. The van der Waals surface area contributed by atoms with Crippen LogP contribution in [0.1, 0.15) is 42.1 Å². The van der Waals surface area contributed by atoms with Crippen LogP contribution >= 0.6 is 0 Å². The number of para-hydroxylation sites is 1. The van der Waals surface area contributed by atoms with Gasteiger partial charge in [-0.05, 0) is 43.9 Å². The van der Waals surface area contributed by atoms with Crippen LogP contribution in [-0.4, -0.2) is 37.0 Å². The van der Waals surface area contributed by atoms with E-state index in [9.17, 15) is 14.4 Å². The number of ether oxygens (including phenoxy) is 1. The molecule has 3 rings (SSSR count). The van der Waals surface area contributed by atoms with Crippen molar-refractivity contribution >= 4 is 23.5 Å². The van der Waals surface area contributed by atoms with Gasteiger partial charge < -0.3 is 15.0 Å². The Balaban J connectivity index is 1.49. The van der Waals surface area contributed by atoms with Gasteiger partial charge in [-0.25, -0.2) is 4.79 Å². The van der Waals surface area contributed by atoms with Crippen molar-refractivity contribution in [1.29, 1.82) is 0 Å². The Labute approximate surface area is 170 Å². The second-order valence-corrected chi connectivity index (χ2v) is 7.24. The third-order valence-corrected chi connectivity index (χ3v) is 4.94. The molecule has 1 aliphatic rings. The highest BCUT2D eigenvalue weighted by molar-refractivity contribution is 6.03. The average molecular weight is 394 g/mol. The Kier molecular flexibility index (Phi) is 7.00. The summed E-state index contributed by atoms with van der Waals surface area (Å²) in [6.07, 6.45) is 2.90. The molecule has 6 heteroatoms. The molecule has 2 aromatic carbocycles. The van der Waals surface area contributed by atoms with Crippen molar-refractivity contribution in [3.05, 3.63) is 65.7 Å². The van der Waals surface area contributed by atoms with Crippen molar-refractivity contribution in [2.75, 3.05) is 18.1 Å². The summed E-state index contributed by atoms with van der Waals surface area (Å²) in [6, 6.07) is 16.9. The maximum atomic E-state index is 12.5. The highest BCUT2D eigenvalue weighted by Gasteiger charge is 2.26. The first-order chi connectivity index (χ1) is 14.0. The van der Waals surface area contributed by atoms with Crippen LogP contribution in [0, 0.1) is 0 Å². The second-order valence-electron chi connectivity index (χ2n) is 7.24. The molecule has 6 nitrogen and oxygen atoms in total. The number of nitrogens with zero attached hydrogens (tertiary/aromatic N) is 1. The number of anilines is 1. The molecule has 1 heterocycles. The van der Waals surface area contributed by atoms with Gasteiger partial charge in [0, 0.05) is 19.0 Å². The number of benzene rings is 2. The van der Waals surface area contributed by atoms with Crippen LogP contribution in [0.25, 0.3) is 0 Å². The van der Waals surface area contributed by atoms with Gasteiger partial charge in [0.2, 0.25) is 5.91 Å². The number of hydrogen-bond donors (Lipinski definition) is 1. The first kappa shape index (κ1) is 20.6. The standard InChI is InChI=1S/C23H26N2O4/c1-17(13-14-18-8-3-2-4-9-18)24-21(26)16-29-23(28)19-10-5-6-11-20(19)25-15-7-12-22(25)27/h2-6,8-11,17H,7,12-16H2,1H3,(H,24,26)/t17-/m1/s1. The first-order valence-corrected chi connectivity index (χ1v) is 9.94. The lowest BCUT2D eigenvalue weighted by atomic mass is 10.1. The Morgan fingerprint density at radius 2 is 1.83 bits per heavy atom. The number of carbonyl (C=O) groups excluding carboxylic acids is 3. The molecule has 1 saturated heterocycles. The van der Waals surface area contributed by atoms with Crippen molar-refractivity contribution < 1.29 is 19.1 Å². The maximum absolute atomic E-state index is 12.5. The largest absolute Gasteiger partial charge is 0.452 e. The zero-order chi connectivity index (χ0) is 20.6. The van der Waals surface area contributed by atoms with Gasteiger partial charge in [0.25, 0.3) is 5.91 Å². The van der Waals surface area contributed by atoms with E-state index in [2.05, 4.69) is 17.4 Å². The number of esters is 1. The van der Waals surface area contributed by atoms with Crippen molar-refractivity contribution in [2.45, 2.75) is 38.6 Å². The molecule has 0 unspecified atom stereocenters. The molecule has 0 aromatic heterocycles. The minimum absolute atomic E-state index is 0.00441. The lowest BCUT2D eigenvalue weighted by molar-refractivity contribution is -0.124. The summed E-state index contributed by atoms with van der Waals surface area (Å²) in [7, 11) is 0. The summed E-state index contributed by atoms with van der Waals surface area (Å²) in [5.41, 5.74) is 2.05. The molecule has 1 fully saturated rings. The molecule has 0 bridgehead atoms. The molecule has 1 N–H and O–H groups in total. The molecule has 0 saturated carbocycles. The van der Waals surface area contributed by atoms with Gasteiger partial charge in [0.15, 0.2) is 6.61 Å². The number of nitrogens with one attached hydrogen (secondary N) is 1. The summed E-state index contributed by atoms with van der Waals surface area (Å²) in [5.74, 6) is -0.948. The van der Waals surface area contributed by atoms with Crippen LogP contribution in [0.4, 0.5) is 5.69 Å². The molecule has 2 aromatic rings. The zero-order valence-corrected chi connectivity index (χ0v) is 16.6. The van der Waals surface area contributed by atoms with E-state index in [1.54, 1.807) is 29.2 Å². The normalized spacial score (nSPS) is 14.5. The number of aryl methyl sites for hydroxylation is 1. The Morgan fingerprint density at radius 1 is 1.10 bits per heavy atom. The molecule has 152 valence electrons. The van der Waals surface area contributed by atoms with E-state index in [4.69, 9.17) is 4.74 Å². The Bertz CT molecular complexity index is 866. The zero-order valence-electron chi connectivity index (χ0n) is 16.6. The van der Waals surface area contributed by atoms with E-state index in [-0.39, 0.29) is 24.5 Å². The summed E-state index contributed by atoms with van der Waals surface area (Å²) in [4.78, 5) is 38.2. The molecule has 0 spiro atoms. The van der Waals surface area contributed by atoms with Crippen LogP contribution in [0.5, 0.6) is 0 Å². The first-order valence-electron chi connectivity index (χ1n) is 9.94. The predicted molar refractivity (Wildman–Crippen MR) is 111 cm³/mol. The topological polar surface area (TPSA) is 75.7 Å². The summed E-state index contributed by atoms with van der Waals surface area (Å²) in [6.45, 7) is 2.16. The van der Waals surface area contributed by atoms with Crippen LogP contribution < -0.4 is 10.2 Å². The van der Waals surface area contributed by atoms with Crippen molar-refractivity contribution in [1.82, 2.24) is 5.32 Å². The van der Waals surface area contributed by atoms with Crippen LogP contribution in [0.2, 0.25) is 0 Å². The molecular weight excluding hydrogens is 368 g/mol. The average Bonchev–Trinajstić information content (AvgIpc) is 3.17. The number of hydrogen-bond acceptors (Lipinski definition) is 4. The molecule has 29 heavy (non-hydrogen) atoms. The molecule has 2 amide bonds. The lowest BCUT2D eigenvalue weighted by Crippen LogP contribution is -2.36. The van der Waals surface area contributed by atoms with E-state index in [0.717, 1.165) is 19.3 Å². The van der Waals surface area contributed by atoms with Crippen LogP contribution in [-0.2, 0) is 20.7 Å². The van der Waals surface area contributed by atoms with E-state index < -0.39 is 5.97 Å². The minimum Gasteiger partial charge on any atom is -0.452 e. The fourth-order valence-electron chi connectivity index (χ4n) is 3.41. The fourth-order valence-corrected chi connectivity index (χ4v) is 3.41. The van der Waals surface area contributed by atoms with Gasteiger partial charge in [0.05, 0.1) is 11.3 Å². The fraction of sp³-hybridized carbons (Fsp3) is 0.348. The number of amides is 2. The van der Waals surface area contributed by atoms with Gasteiger partial charge in [-0.1, -0.05) is 42.5 Å². The molecule has 0 aliphatic carbocycles. The van der Waals surface area contributed by atoms with E-state index in [1.807, 2.05) is 25.1 Å². The SMILES string of the molecule is C[C@H](CCc1ccccc1)NC(=O)COC(=O)c1ccccc1N1CCCC1=O. The van der Waals surface area contributed by atoms with Gasteiger partial charge in [-0.2, -0.15) is 0 Å². The van der Waals surface area contributed by atoms with Crippen molar-refractivity contribution in [2.24, 2.45) is 0 Å². The molecule has 1 atom stereocenters. The van der Waals surface area contributed by atoms with Gasteiger partial charge in [-0.15, -0.1) is 0 Å². The molecule has 0 radical (unpaired) electrons. The number of rotatable bonds is 8. The third kappa shape index (κ3) is 5.67. The highest BCUT2D eigenvalue weighted by Crippen LogP contribution is 2.25. The quantitative estimate of drug-likeness (QED) is 0.698. The van der Waals surface area contributed by atoms with E-state index in [1.165, 1.54) is 5.56 Å². The van der Waals surface area contributed by atoms with E-state index in [0.29, 0.717) is 24.2 Å². The van der Waals surface area contributed by atoms with Crippen molar-refractivity contribution in [3.63, 3.8) is 0 Å². The van der Waals surface area contributed by atoms with Gasteiger partial charge >= 0.3 is 5.97 Å². The lowest BCUT2D eigenvalue weighted by Gasteiger charge is -2.19. The maximum Gasteiger partial charge on any atom is 0.340 e. The monoisotopic (exact) mass is 394 g/mol. The molecule has 1 aliphatic heterocycles. The van der Waals surface area contributed by atoms with Crippen molar-refractivity contribution in [3.8, 4) is 0 Å². The molecular formula is C23H26N2O4. The van der Waals surface area contributed by atoms with Crippen LogP contribution in [0.15, 0.2) is 54.6 Å². The predicted octanol–water partition coefficient (Wildman–Crippen LogP) is 3.11.